The van der Waals surface area contributed by atoms with Crippen molar-refractivity contribution in [1.82, 2.24) is 0 Å². The van der Waals surface area contributed by atoms with Gasteiger partial charge in [0.25, 0.3) is 0 Å². The van der Waals surface area contributed by atoms with Crippen LogP contribution in [-0.4, -0.2) is 18.6 Å². The minimum absolute atomic E-state index is 0.349. The van der Waals surface area contributed by atoms with Crippen LogP contribution in [0, 0.1) is 0 Å². The minimum atomic E-state index is -0.390. The molecule has 0 saturated carbocycles. The van der Waals surface area contributed by atoms with Crippen molar-refractivity contribution in [3.05, 3.63) is 45.3 Å². The van der Waals surface area contributed by atoms with Crippen molar-refractivity contribution in [2.24, 2.45) is 0 Å². The Hall–Kier alpha value is -2.05. The van der Waals surface area contributed by atoms with Gasteiger partial charge < -0.3 is 10.1 Å². The number of amides is 2. The molecule has 0 unspecified atom stereocenters. The molecule has 0 radical (unpaired) electrons. The number of carbonyl (C=O) groups excluding carboxylic acids is 2. The second kappa shape index (κ2) is 9.24. The van der Waals surface area contributed by atoms with E-state index in [-0.39, 0.29) is 5.97 Å². The smallest absolute Gasteiger partial charge is 0.341 e. The molecule has 1 aromatic heterocycles. The summed E-state index contributed by atoms with van der Waals surface area (Å²) in [7, 11) is 0. The molecular formula is C20H23ClN2O3S. The van der Waals surface area contributed by atoms with Crippen molar-refractivity contribution >= 4 is 45.6 Å². The van der Waals surface area contributed by atoms with Crippen molar-refractivity contribution in [1.29, 1.82) is 0 Å². The molecule has 0 spiro atoms. The monoisotopic (exact) mass is 406 g/mol. The third kappa shape index (κ3) is 5.02. The summed E-state index contributed by atoms with van der Waals surface area (Å²) < 4.78 is 5.38. The summed E-state index contributed by atoms with van der Waals surface area (Å²) in [6.45, 7) is 2.33. The van der Waals surface area contributed by atoms with E-state index in [2.05, 4.69) is 10.6 Å². The van der Waals surface area contributed by atoms with Crippen molar-refractivity contribution in [2.75, 3.05) is 17.2 Å². The lowest BCUT2D eigenvalue weighted by Gasteiger charge is -2.10. The van der Waals surface area contributed by atoms with Crippen LogP contribution in [0.1, 0.15) is 53.4 Å². The topological polar surface area (TPSA) is 67.4 Å². The Morgan fingerprint density at radius 1 is 1.11 bits per heavy atom. The highest BCUT2D eigenvalue weighted by molar-refractivity contribution is 7.17. The number of thiophene rings is 1. The Bertz CT molecular complexity index is 817. The highest BCUT2D eigenvalue weighted by Crippen LogP contribution is 2.38. The number of hydrogen-bond acceptors (Lipinski definition) is 4. The number of fused-ring (bicyclic) bond motifs is 1. The highest BCUT2D eigenvalue weighted by atomic mass is 35.5. The van der Waals surface area contributed by atoms with E-state index in [9.17, 15) is 9.59 Å². The van der Waals surface area contributed by atoms with Gasteiger partial charge in [-0.05, 0) is 61.9 Å². The van der Waals surface area contributed by atoms with Gasteiger partial charge in [-0.1, -0.05) is 24.9 Å². The molecular weight excluding hydrogens is 384 g/mol. The summed E-state index contributed by atoms with van der Waals surface area (Å²) in [6, 6.07) is 6.47. The number of carbonyl (C=O) groups is 2. The number of esters is 1. The Labute approximate surface area is 168 Å². The lowest BCUT2D eigenvalue weighted by Crippen LogP contribution is -2.20. The summed E-state index contributed by atoms with van der Waals surface area (Å²) in [5, 5.41) is 6.77. The van der Waals surface area contributed by atoms with E-state index < -0.39 is 6.03 Å². The molecule has 2 amide bonds. The molecule has 7 heteroatoms. The molecule has 0 aliphatic heterocycles. The molecule has 27 heavy (non-hydrogen) atoms. The predicted molar refractivity (Wildman–Crippen MR) is 110 cm³/mol. The van der Waals surface area contributed by atoms with E-state index in [4.69, 9.17) is 16.3 Å². The fraction of sp³-hybridized carbons (Fsp3) is 0.400. The number of ether oxygens (including phenoxy) is 1. The molecule has 0 atom stereocenters. The quantitative estimate of drug-likeness (QED) is 0.481. The van der Waals surface area contributed by atoms with Crippen LogP contribution in [0.2, 0.25) is 5.02 Å². The summed E-state index contributed by atoms with van der Waals surface area (Å²) in [4.78, 5) is 26.3. The molecule has 0 fully saturated rings. The van der Waals surface area contributed by atoms with Gasteiger partial charge in [-0.15, -0.1) is 11.3 Å². The summed E-state index contributed by atoms with van der Waals surface area (Å²) >= 11 is 7.35. The number of benzene rings is 1. The van der Waals surface area contributed by atoms with Gasteiger partial charge in [-0.2, -0.15) is 0 Å². The maximum absolute atomic E-state index is 12.6. The maximum atomic E-state index is 12.6. The first kappa shape index (κ1) is 19.7. The van der Waals surface area contributed by atoms with Crippen LogP contribution in [0.5, 0.6) is 0 Å². The summed E-state index contributed by atoms with van der Waals surface area (Å²) in [5.41, 5.74) is 2.20. The molecule has 1 aromatic carbocycles. The van der Waals surface area contributed by atoms with Crippen LogP contribution in [0.15, 0.2) is 24.3 Å². The Morgan fingerprint density at radius 2 is 1.85 bits per heavy atom. The van der Waals surface area contributed by atoms with Crippen molar-refractivity contribution in [2.45, 2.75) is 45.4 Å². The van der Waals surface area contributed by atoms with Gasteiger partial charge in [0.1, 0.15) is 5.00 Å². The van der Waals surface area contributed by atoms with E-state index in [1.807, 2.05) is 6.92 Å². The normalized spacial score (nSPS) is 13.4. The third-order valence-corrected chi connectivity index (χ3v) is 5.85. The highest BCUT2D eigenvalue weighted by Gasteiger charge is 2.26. The summed E-state index contributed by atoms with van der Waals surface area (Å²) in [6.07, 6.45) is 5.86. The number of anilines is 2. The number of rotatable bonds is 5. The van der Waals surface area contributed by atoms with Gasteiger partial charge in [-0.25, -0.2) is 9.59 Å². The number of hydrogen-bond donors (Lipinski definition) is 2. The zero-order valence-electron chi connectivity index (χ0n) is 15.3. The molecule has 2 aromatic rings. The van der Waals surface area contributed by atoms with Crippen LogP contribution < -0.4 is 10.6 Å². The minimum Gasteiger partial charge on any atom is -0.462 e. The fourth-order valence-corrected chi connectivity index (χ4v) is 4.51. The molecule has 5 nitrogen and oxygen atoms in total. The van der Waals surface area contributed by atoms with Crippen LogP contribution in [0.3, 0.4) is 0 Å². The van der Waals surface area contributed by atoms with E-state index in [0.717, 1.165) is 44.1 Å². The molecule has 1 aliphatic rings. The van der Waals surface area contributed by atoms with Crippen LogP contribution >= 0.6 is 22.9 Å². The fourth-order valence-electron chi connectivity index (χ4n) is 3.11. The van der Waals surface area contributed by atoms with E-state index >= 15 is 0 Å². The van der Waals surface area contributed by atoms with Crippen LogP contribution in [0.4, 0.5) is 15.5 Å². The number of aryl methyl sites for hydroxylation is 1. The van der Waals surface area contributed by atoms with Gasteiger partial charge in [0, 0.05) is 15.6 Å². The standard InChI is InChI=1S/C20H23ClN2O3S/c1-2-12-26-19(24)17-15-6-4-3-5-7-16(15)27-18(17)23-20(25)22-14-10-8-13(21)9-11-14/h8-11H,2-7,12H2,1H3,(H2,22,23,25). The van der Waals surface area contributed by atoms with E-state index in [0.29, 0.717) is 27.9 Å². The largest absolute Gasteiger partial charge is 0.462 e. The number of urea groups is 1. The first-order valence-corrected chi connectivity index (χ1v) is 10.4. The second-order valence-corrected chi connectivity index (χ2v) is 8.03. The average molecular weight is 407 g/mol. The SMILES string of the molecule is CCCOC(=O)c1c(NC(=O)Nc2ccc(Cl)cc2)sc2c1CCCCC2. The zero-order valence-corrected chi connectivity index (χ0v) is 16.8. The van der Waals surface area contributed by atoms with Crippen LogP contribution in [-0.2, 0) is 17.6 Å². The first-order chi connectivity index (χ1) is 13.1. The first-order valence-electron chi connectivity index (χ1n) is 9.23. The molecule has 0 saturated heterocycles. The molecule has 1 aliphatic carbocycles. The van der Waals surface area contributed by atoms with Crippen LogP contribution in [0.25, 0.3) is 0 Å². The molecule has 144 valence electrons. The zero-order chi connectivity index (χ0) is 19.2. The van der Waals surface area contributed by atoms with E-state index in [1.165, 1.54) is 16.2 Å². The van der Waals surface area contributed by atoms with Gasteiger partial charge in [0.05, 0.1) is 12.2 Å². The van der Waals surface area contributed by atoms with Crippen molar-refractivity contribution < 1.29 is 14.3 Å². The average Bonchev–Trinajstić information content (AvgIpc) is 2.82. The maximum Gasteiger partial charge on any atom is 0.341 e. The molecule has 2 N–H and O–H groups in total. The number of nitrogens with one attached hydrogen (secondary N) is 2. The predicted octanol–water partition coefficient (Wildman–Crippen LogP) is 5.88. The Balaban J connectivity index is 1.81. The van der Waals surface area contributed by atoms with Gasteiger partial charge >= 0.3 is 12.0 Å². The molecule has 0 bridgehead atoms. The number of halogens is 1. The van der Waals surface area contributed by atoms with Crippen molar-refractivity contribution in [3.63, 3.8) is 0 Å². The molecule has 3 rings (SSSR count). The van der Waals surface area contributed by atoms with Gasteiger partial charge in [-0.3, -0.25) is 5.32 Å². The van der Waals surface area contributed by atoms with Gasteiger partial charge in [0.15, 0.2) is 0 Å². The van der Waals surface area contributed by atoms with Gasteiger partial charge in [0.2, 0.25) is 0 Å². The Kier molecular flexibility index (Phi) is 6.74. The Morgan fingerprint density at radius 3 is 2.59 bits per heavy atom. The lowest BCUT2D eigenvalue weighted by molar-refractivity contribution is 0.0505. The third-order valence-electron chi connectivity index (χ3n) is 4.39. The van der Waals surface area contributed by atoms with Crippen molar-refractivity contribution in [3.8, 4) is 0 Å². The second-order valence-electron chi connectivity index (χ2n) is 6.49. The molecule has 1 heterocycles. The summed E-state index contributed by atoms with van der Waals surface area (Å²) in [5.74, 6) is -0.349. The lowest BCUT2D eigenvalue weighted by atomic mass is 10.1. The van der Waals surface area contributed by atoms with E-state index in [1.54, 1.807) is 24.3 Å².